The van der Waals surface area contributed by atoms with E-state index in [1.165, 1.54) is 24.1 Å². The highest BCUT2D eigenvalue weighted by Crippen LogP contribution is 2.27. The second-order valence-corrected chi connectivity index (χ2v) is 6.47. The number of nitrogens with zero attached hydrogens (tertiary/aromatic N) is 2. The van der Waals surface area contributed by atoms with Crippen LogP contribution in [0.5, 0.6) is 0 Å². The van der Waals surface area contributed by atoms with E-state index in [1.807, 2.05) is 6.92 Å². The highest BCUT2D eigenvalue weighted by molar-refractivity contribution is 5.48. The Morgan fingerprint density at radius 1 is 1.25 bits per heavy atom. The highest BCUT2D eigenvalue weighted by Gasteiger charge is 2.22. The van der Waals surface area contributed by atoms with Crippen molar-refractivity contribution in [3.8, 4) is 0 Å². The molecule has 0 amide bonds. The van der Waals surface area contributed by atoms with Crippen molar-refractivity contribution < 1.29 is 4.74 Å². The fourth-order valence-electron chi connectivity index (χ4n) is 2.94. The van der Waals surface area contributed by atoms with Crippen LogP contribution in [0.15, 0.2) is 0 Å². The largest absolute Gasteiger partial charge is 0.379 e. The summed E-state index contributed by atoms with van der Waals surface area (Å²) in [5, 5.41) is 3.57. The van der Waals surface area contributed by atoms with Gasteiger partial charge in [-0.2, -0.15) is 0 Å². The quantitative estimate of drug-likeness (QED) is 0.897. The standard InChI is InChI=1S/C16H27N3O/c1-11(10-16(3,4)20-5)17-15-13-8-6-7-9-14(13)18-12(2)19-15/h11H,6-10H2,1-5H3,(H,17,18,19). The van der Waals surface area contributed by atoms with Gasteiger partial charge >= 0.3 is 0 Å². The molecule has 1 N–H and O–H groups in total. The van der Waals surface area contributed by atoms with Crippen molar-refractivity contribution in [2.75, 3.05) is 12.4 Å². The molecule has 0 fully saturated rings. The molecule has 0 aliphatic heterocycles. The first-order valence-corrected chi connectivity index (χ1v) is 7.59. The van der Waals surface area contributed by atoms with Gasteiger partial charge in [0.1, 0.15) is 11.6 Å². The monoisotopic (exact) mass is 277 g/mol. The Kier molecular flexibility index (Phi) is 4.63. The molecule has 112 valence electrons. The lowest BCUT2D eigenvalue weighted by Crippen LogP contribution is -2.32. The molecule has 0 aromatic carbocycles. The van der Waals surface area contributed by atoms with Crippen LogP contribution in [0.3, 0.4) is 0 Å². The second-order valence-electron chi connectivity index (χ2n) is 6.47. The first kappa shape index (κ1) is 15.2. The molecule has 1 heterocycles. The molecular weight excluding hydrogens is 250 g/mol. The second kappa shape index (κ2) is 6.08. The predicted molar refractivity (Wildman–Crippen MR) is 82.2 cm³/mol. The summed E-state index contributed by atoms with van der Waals surface area (Å²) in [6.45, 7) is 8.40. The zero-order valence-corrected chi connectivity index (χ0v) is 13.4. The molecule has 1 aliphatic rings. The molecule has 4 heteroatoms. The van der Waals surface area contributed by atoms with Crippen LogP contribution >= 0.6 is 0 Å². The minimum atomic E-state index is -0.117. The van der Waals surface area contributed by atoms with E-state index >= 15 is 0 Å². The van der Waals surface area contributed by atoms with Crippen molar-refractivity contribution in [1.82, 2.24) is 9.97 Å². The number of rotatable bonds is 5. The molecule has 1 unspecified atom stereocenters. The first-order chi connectivity index (χ1) is 9.41. The minimum absolute atomic E-state index is 0.117. The molecule has 0 bridgehead atoms. The predicted octanol–water partition coefficient (Wildman–Crippen LogP) is 3.28. The maximum Gasteiger partial charge on any atom is 0.133 e. The molecule has 1 aromatic heterocycles. The fraction of sp³-hybridized carbons (Fsp3) is 0.750. The van der Waals surface area contributed by atoms with Crippen LogP contribution in [0.1, 0.15) is 57.1 Å². The highest BCUT2D eigenvalue weighted by atomic mass is 16.5. The number of aryl methyl sites for hydroxylation is 2. The van der Waals surface area contributed by atoms with Gasteiger partial charge in [-0.3, -0.25) is 0 Å². The third kappa shape index (κ3) is 3.69. The summed E-state index contributed by atoms with van der Waals surface area (Å²) >= 11 is 0. The Labute approximate surface area is 122 Å². The molecule has 0 radical (unpaired) electrons. The molecule has 1 aromatic rings. The van der Waals surface area contributed by atoms with Gasteiger partial charge in [0.2, 0.25) is 0 Å². The van der Waals surface area contributed by atoms with Gasteiger partial charge in [0, 0.05) is 24.4 Å². The normalized spacial score (nSPS) is 16.6. The summed E-state index contributed by atoms with van der Waals surface area (Å²) in [6, 6.07) is 0.324. The van der Waals surface area contributed by atoms with Crippen molar-refractivity contribution in [3.05, 3.63) is 17.1 Å². The van der Waals surface area contributed by atoms with Crippen LogP contribution in [0, 0.1) is 6.92 Å². The summed E-state index contributed by atoms with van der Waals surface area (Å²) < 4.78 is 5.51. The van der Waals surface area contributed by atoms with Gasteiger partial charge in [-0.15, -0.1) is 0 Å². The van der Waals surface area contributed by atoms with Crippen molar-refractivity contribution in [3.63, 3.8) is 0 Å². The number of hydrogen-bond donors (Lipinski definition) is 1. The third-order valence-corrected chi connectivity index (χ3v) is 4.03. The molecule has 20 heavy (non-hydrogen) atoms. The fourth-order valence-corrected chi connectivity index (χ4v) is 2.94. The topological polar surface area (TPSA) is 47.0 Å². The maximum absolute atomic E-state index is 5.51. The van der Waals surface area contributed by atoms with Gasteiger partial charge in [-0.25, -0.2) is 9.97 Å². The van der Waals surface area contributed by atoms with Crippen LogP contribution < -0.4 is 5.32 Å². The van der Waals surface area contributed by atoms with E-state index in [0.29, 0.717) is 6.04 Å². The van der Waals surface area contributed by atoms with Gasteiger partial charge in [0.25, 0.3) is 0 Å². The average molecular weight is 277 g/mol. The third-order valence-electron chi connectivity index (χ3n) is 4.03. The van der Waals surface area contributed by atoms with Gasteiger partial charge in [0.15, 0.2) is 0 Å². The first-order valence-electron chi connectivity index (χ1n) is 7.59. The summed E-state index contributed by atoms with van der Waals surface area (Å²) in [5.41, 5.74) is 2.45. The Morgan fingerprint density at radius 2 is 1.95 bits per heavy atom. The number of ether oxygens (including phenoxy) is 1. The van der Waals surface area contributed by atoms with Crippen LogP contribution in [0.2, 0.25) is 0 Å². The van der Waals surface area contributed by atoms with Crippen LogP contribution in [-0.2, 0) is 17.6 Å². The molecule has 4 nitrogen and oxygen atoms in total. The lowest BCUT2D eigenvalue weighted by atomic mass is 9.95. The van der Waals surface area contributed by atoms with Crippen LogP contribution in [0.4, 0.5) is 5.82 Å². The molecular formula is C16H27N3O. The summed E-state index contributed by atoms with van der Waals surface area (Å²) in [7, 11) is 1.77. The number of methoxy groups -OCH3 is 1. The number of hydrogen-bond acceptors (Lipinski definition) is 4. The van der Waals surface area contributed by atoms with E-state index < -0.39 is 0 Å². The maximum atomic E-state index is 5.51. The number of fused-ring (bicyclic) bond motifs is 1. The molecule has 0 saturated heterocycles. The van der Waals surface area contributed by atoms with Crippen LogP contribution in [-0.4, -0.2) is 28.7 Å². The summed E-state index contributed by atoms with van der Waals surface area (Å²) in [5.74, 6) is 1.90. The Hall–Kier alpha value is -1.16. The zero-order valence-electron chi connectivity index (χ0n) is 13.4. The number of aromatic nitrogens is 2. The van der Waals surface area contributed by atoms with E-state index in [0.717, 1.165) is 30.9 Å². The lowest BCUT2D eigenvalue weighted by Gasteiger charge is -2.28. The number of anilines is 1. The minimum Gasteiger partial charge on any atom is -0.379 e. The van der Waals surface area contributed by atoms with Gasteiger partial charge in [0.05, 0.1) is 5.60 Å². The smallest absolute Gasteiger partial charge is 0.133 e. The Bertz CT molecular complexity index is 471. The molecule has 0 saturated carbocycles. The molecule has 1 atom stereocenters. The van der Waals surface area contributed by atoms with E-state index in [-0.39, 0.29) is 5.60 Å². The van der Waals surface area contributed by atoms with E-state index in [4.69, 9.17) is 4.74 Å². The van der Waals surface area contributed by atoms with Crippen molar-refractivity contribution in [1.29, 1.82) is 0 Å². The van der Waals surface area contributed by atoms with E-state index in [1.54, 1.807) is 7.11 Å². The van der Waals surface area contributed by atoms with Gasteiger partial charge < -0.3 is 10.1 Å². The van der Waals surface area contributed by atoms with Gasteiger partial charge in [-0.05, 0) is 59.8 Å². The van der Waals surface area contributed by atoms with Crippen LogP contribution in [0.25, 0.3) is 0 Å². The Balaban J connectivity index is 2.15. The zero-order chi connectivity index (χ0) is 14.8. The summed E-state index contributed by atoms with van der Waals surface area (Å²) in [6.07, 6.45) is 5.62. The molecule has 0 spiro atoms. The molecule has 2 rings (SSSR count). The number of nitrogens with one attached hydrogen (secondary N) is 1. The Morgan fingerprint density at radius 3 is 2.65 bits per heavy atom. The SMILES string of the molecule is COC(C)(C)CC(C)Nc1nc(C)nc2c1CCCC2. The van der Waals surface area contributed by atoms with Crippen molar-refractivity contribution in [2.45, 2.75) is 71.4 Å². The van der Waals surface area contributed by atoms with E-state index in [2.05, 4.69) is 36.1 Å². The van der Waals surface area contributed by atoms with Gasteiger partial charge in [-0.1, -0.05) is 0 Å². The van der Waals surface area contributed by atoms with Crippen molar-refractivity contribution in [2.24, 2.45) is 0 Å². The van der Waals surface area contributed by atoms with E-state index in [9.17, 15) is 0 Å². The lowest BCUT2D eigenvalue weighted by molar-refractivity contribution is 0.0127. The summed E-state index contributed by atoms with van der Waals surface area (Å²) in [4.78, 5) is 9.22. The van der Waals surface area contributed by atoms with Crippen molar-refractivity contribution >= 4 is 5.82 Å². The average Bonchev–Trinajstić information content (AvgIpc) is 2.37. The molecule has 1 aliphatic carbocycles.